The summed E-state index contributed by atoms with van der Waals surface area (Å²) in [7, 11) is 0. The Bertz CT molecular complexity index is 752. The van der Waals surface area contributed by atoms with Gasteiger partial charge < -0.3 is 15.5 Å². The van der Waals surface area contributed by atoms with Gasteiger partial charge >= 0.3 is 0 Å². The molecule has 2 aromatic rings. The SMILES string of the molecule is CCNC(=NCc1ccc(N2CCCCCC2)nc1)NCc1ccccc1F. The molecule has 2 N–H and O–H groups in total. The molecule has 1 aliphatic rings. The molecule has 5 nitrogen and oxygen atoms in total. The quantitative estimate of drug-likeness (QED) is 0.588. The second-order valence-corrected chi connectivity index (χ2v) is 7.07. The van der Waals surface area contributed by atoms with Gasteiger partial charge in [0.1, 0.15) is 11.6 Å². The van der Waals surface area contributed by atoms with E-state index in [9.17, 15) is 4.39 Å². The Morgan fingerprint density at radius 2 is 1.86 bits per heavy atom. The first-order chi connectivity index (χ1) is 13.8. The summed E-state index contributed by atoms with van der Waals surface area (Å²) in [5.41, 5.74) is 1.68. The van der Waals surface area contributed by atoms with Crippen LogP contribution >= 0.6 is 0 Å². The monoisotopic (exact) mass is 383 g/mol. The van der Waals surface area contributed by atoms with Crippen molar-refractivity contribution in [2.75, 3.05) is 24.5 Å². The van der Waals surface area contributed by atoms with Crippen LogP contribution in [-0.2, 0) is 13.1 Å². The third-order valence-electron chi connectivity index (χ3n) is 4.91. The van der Waals surface area contributed by atoms with E-state index in [1.54, 1.807) is 12.1 Å². The number of nitrogens with one attached hydrogen (secondary N) is 2. The lowest BCUT2D eigenvalue weighted by Crippen LogP contribution is -2.37. The molecule has 0 unspecified atom stereocenters. The normalized spacial score (nSPS) is 15.2. The molecule has 28 heavy (non-hydrogen) atoms. The third-order valence-corrected chi connectivity index (χ3v) is 4.91. The second kappa shape index (κ2) is 10.6. The molecule has 0 saturated carbocycles. The van der Waals surface area contributed by atoms with Crippen molar-refractivity contribution < 1.29 is 4.39 Å². The molecular formula is C22H30FN5. The first-order valence-electron chi connectivity index (χ1n) is 10.2. The minimum Gasteiger partial charge on any atom is -0.357 e. The van der Waals surface area contributed by atoms with Gasteiger partial charge in [0.25, 0.3) is 0 Å². The highest BCUT2D eigenvalue weighted by atomic mass is 19.1. The molecule has 150 valence electrons. The van der Waals surface area contributed by atoms with Crippen molar-refractivity contribution in [3.05, 3.63) is 59.5 Å². The second-order valence-electron chi connectivity index (χ2n) is 7.07. The van der Waals surface area contributed by atoms with Gasteiger partial charge in [0.2, 0.25) is 0 Å². The molecule has 1 aromatic carbocycles. The summed E-state index contributed by atoms with van der Waals surface area (Å²) in [6, 6.07) is 11.0. The molecular weight excluding hydrogens is 353 g/mol. The predicted octanol–water partition coefficient (Wildman–Crippen LogP) is 3.86. The topological polar surface area (TPSA) is 52.6 Å². The Morgan fingerprint density at radius 1 is 1.07 bits per heavy atom. The maximum atomic E-state index is 13.8. The number of halogens is 1. The Balaban J connectivity index is 1.58. The number of aliphatic imine (C=N–C) groups is 1. The average molecular weight is 384 g/mol. The molecule has 1 fully saturated rings. The van der Waals surface area contributed by atoms with Crippen LogP contribution in [0.15, 0.2) is 47.6 Å². The van der Waals surface area contributed by atoms with Gasteiger partial charge in [0, 0.05) is 37.9 Å². The van der Waals surface area contributed by atoms with E-state index >= 15 is 0 Å². The first kappa shape index (κ1) is 20.1. The van der Waals surface area contributed by atoms with Gasteiger partial charge in [-0.05, 0) is 37.5 Å². The van der Waals surface area contributed by atoms with Gasteiger partial charge in [-0.3, -0.25) is 0 Å². The lowest BCUT2D eigenvalue weighted by atomic mass is 10.2. The van der Waals surface area contributed by atoms with E-state index in [-0.39, 0.29) is 5.82 Å². The van der Waals surface area contributed by atoms with Crippen molar-refractivity contribution in [1.29, 1.82) is 0 Å². The van der Waals surface area contributed by atoms with Crippen molar-refractivity contribution in [2.24, 2.45) is 4.99 Å². The summed E-state index contributed by atoms with van der Waals surface area (Å²) in [5, 5.41) is 6.39. The number of anilines is 1. The van der Waals surface area contributed by atoms with Gasteiger partial charge in [0.15, 0.2) is 5.96 Å². The van der Waals surface area contributed by atoms with E-state index in [0.29, 0.717) is 24.6 Å². The minimum absolute atomic E-state index is 0.209. The van der Waals surface area contributed by atoms with Crippen LogP contribution in [0, 0.1) is 5.82 Å². The average Bonchev–Trinajstić information content (AvgIpc) is 3.01. The first-order valence-corrected chi connectivity index (χ1v) is 10.2. The van der Waals surface area contributed by atoms with Crippen molar-refractivity contribution in [3.63, 3.8) is 0 Å². The zero-order valence-corrected chi connectivity index (χ0v) is 16.6. The van der Waals surface area contributed by atoms with Crippen LogP contribution in [0.4, 0.5) is 10.2 Å². The van der Waals surface area contributed by atoms with Crippen LogP contribution in [0.25, 0.3) is 0 Å². The Labute approximate surface area is 167 Å². The van der Waals surface area contributed by atoms with Gasteiger partial charge in [-0.15, -0.1) is 0 Å². The molecule has 0 amide bonds. The smallest absolute Gasteiger partial charge is 0.191 e. The molecule has 0 spiro atoms. The van der Waals surface area contributed by atoms with Crippen LogP contribution < -0.4 is 15.5 Å². The van der Waals surface area contributed by atoms with Crippen LogP contribution in [0.3, 0.4) is 0 Å². The highest BCUT2D eigenvalue weighted by Gasteiger charge is 2.10. The minimum atomic E-state index is -0.209. The summed E-state index contributed by atoms with van der Waals surface area (Å²) >= 11 is 0. The fourth-order valence-electron chi connectivity index (χ4n) is 3.33. The van der Waals surface area contributed by atoms with Gasteiger partial charge in [0.05, 0.1) is 6.54 Å². The molecule has 3 rings (SSSR count). The van der Waals surface area contributed by atoms with E-state index in [1.165, 1.54) is 31.7 Å². The number of nitrogens with zero attached hydrogens (tertiary/aromatic N) is 3. The molecule has 6 heteroatoms. The van der Waals surface area contributed by atoms with E-state index in [1.807, 2.05) is 19.2 Å². The number of benzene rings is 1. The number of rotatable bonds is 6. The largest absolute Gasteiger partial charge is 0.357 e. The summed E-state index contributed by atoms with van der Waals surface area (Å²) in [5.74, 6) is 1.51. The lowest BCUT2D eigenvalue weighted by molar-refractivity contribution is 0.604. The van der Waals surface area contributed by atoms with Gasteiger partial charge in [-0.1, -0.05) is 37.1 Å². The molecule has 0 atom stereocenters. The maximum Gasteiger partial charge on any atom is 0.191 e. The summed E-state index contributed by atoms with van der Waals surface area (Å²) < 4.78 is 13.8. The fraction of sp³-hybridized carbons (Fsp3) is 0.455. The molecule has 1 aromatic heterocycles. The van der Waals surface area contributed by atoms with Crippen LogP contribution in [0.5, 0.6) is 0 Å². The zero-order chi connectivity index (χ0) is 19.6. The number of hydrogen-bond donors (Lipinski definition) is 2. The number of hydrogen-bond acceptors (Lipinski definition) is 3. The Kier molecular flexibility index (Phi) is 7.64. The van der Waals surface area contributed by atoms with Crippen LogP contribution in [0.1, 0.15) is 43.7 Å². The predicted molar refractivity (Wildman–Crippen MR) is 113 cm³/mol. The maximum absolute atomic E-state index is 13.8. The summed E-state index contributed by atoms with van der Waals surface area (Å²) in [6.45, 7) is 5.86. The molecule has 1 saturated heterocycles. The highest BCUT2D eigenvalue weighted by Crippen LogP contribution is 2.17. The van der Waals surface area contributed by atoms with Crippen molar-refractivity contribution in [3.8, 4) is 0 Å². The van der Waals surface area contributed by atoms with Gasteiger partial charge in [-0.2, -0.15) is 0 Å². The molecule has 0 aliphatic carbocycles. The third kappa shape index (κ3) is 5.94. The van der Waals surface area contributed by atoms with E-state index < -0.39 is 0 Å². The standard InChI is InChI=1S/C22H30FN5/c1-2-24-22(27-17-19-9-5-6-10-20(19)23)26-16-18-11-12-21(25-15-18)28-13-7-3-4-8-14-28/h5-6,9-12,15H,2-4,7-8,13-14,16-17H2,1H3,(H2,24,26,27). The zero-order valence-electron chi connectivity index (χ0n) is 16.6. The highest BCUT2D eigenvalue weighted by molar-refractivity contribution is 5.79. The van der Waals surface area contributed by atoms with Crippen molar-refractivity contribution >= 4 is 11.8 Å². The Morgan fingerprint density at radius 3 is 2.54 bits per heavy atom. The van der Waals surface area contributed by atoms with Crippen molar-refractivity contribution in [1.82, 2.24) is 15.6 Å². The molecule has 1 aliphatic heterocycles. The van der Waals surface area contributed by atoms with E-state index in [2.05, 4.69) is 37.6 Å². The molecule has 0 radical (unpaired) electrons. The van der Waals surface area contributed by atoms with E-state index in [4.69, 9.17) is 0 Å². The fourth-order valence-corrected chi connectivity index (χ4v) is 3.33. The van der Waals surface area contributed by atoms with Crippen molar-refractivity contribution in [2.45, 2.75) is 45.7 Å². The lowest BCUT2D eigenvalue weighted by Gasteiger charge is -2.21. The number of pyridine rings is 1. The Hall–Kier alpha value is -2.63. The molecule has 2 heterocycles. The number of guanidine groups is 1. The van der Waals surface area contributed by atoms with Crippen LogP contribution in [-0.4, -0.2) is 30.6 Å². The summed E-state index contributed by atoms with van der Waals surface area (Å²) in [6.07, 6.45) is 7.03. The van der Waals surface area contributed by atoms with E-state index in [0.717, 1.165) is 31.0 Å². The number of aromatic nitrogens is 1. The van der Waals surface area contributed by atoms with Gasteiger partial charge in [-0.25, -0.2) is 14.4 Å². The summed E-state index contributed by atoms with van der Waals surface area (Å²) in [4.78, 5) is 11.6. The van der Waals surface area contributed by atoms with Crippen LogP contribution in [0.2, 0.25) is 0 Å². The molecule has 0 bridgehead atoms.